The van der Waals surface area contributed by atoms with Crippen molar-refractivity contribution in [3.63, 3.8) is 0 Å². The second-order valence-electron chi connectivity index (χ2n) is 6.48. The molecule has 0 saturated carbocycles. The standard InChI is InChI=1S/C16H25N3O/c1-16(2)8-10-19(11-9-16)12-15(20)18(3)14-6-4-13(17)5-7-14/h4-7H,8-12,17H2,1-3H3. The second kappa shape index (κ2) is 5.83. The number of benzene rings is 1. The minimum absolute atomic E-state index is 0.134. The largest absolute Gasteiger partial charge is 0.399 e. The van der Waals surface area contributed by atoms with Crippen LogP contribution >= 0.6 is 0 Å². The van der Waals surface area contributed by atoms with E-state index in [9.17, 15) is 4.79 Å². The molecular formula is C16H25N3O. The smallest absolute Gasteiger partial charge is 0.240 e. The molecule has 1 aromatic rings. The third-order valence-corrected chi connectivity index (χ3v) is 4.22. The van der Waals surface area contributed by atoms with Crippen molar-refractivity contribution in [1.29, 1.82) is 0 Å². The van der Waals surface area contributed by atoms with Crippen molar-refractivity contribution in [2.75, 3.05) is 37.3 Å². The number of nitrogens with zero attached hydrogens (tertiary/aromatic N) is 2. The highest BCUT2D eigenvalue weighted by atomic mass is 16.2. The lowest BCUT2D eigenvalue weighted by atomic mass is 9.83. The van der Waals surface area contributed by atoms with E-state index in [1.807, 2.05) is 31.3 Å². The van der Waals surface area contributed by atoms with E-state index in [1.54, 1.807) is 4.90 Å². The van der Waals surface area contributed by atoms with Crippen molar-refractivity contribution in [1.82, 2.24) is 4.90 Å². The molecule has 1 heterocycles. The van der Waals surface area contributed by atoms with Crippen LogP contribution in [0.5, 0.6) is 0 Å². The van der Waals surface area contributed by atoms with Crippen LogP contribution in [0.4, 0.5) is 11.4 Å². The Labute approximate surface area is 121 Å². The first-order chi connectivity index (χ1) is 9.37. The number of nitrogens with two attached hydrogens (primary N) is 1. The normalized spacial score (nSPS) is 18.8. The number of anilines is 2. The summed E-state index contributed by atoms with van der Waals surface area (Å²) in [6.45, 7) is 7.11. The van der Waals surface area contributed by atoms with Gasteiger partial charge in [-0.1, -0.05) is 13.8 Å². The number of amides is 1. The number of hydrogen-bond acceptors (Lipinski definition) is 3. The minimum Gasteiger partial charge on any atom is -0.399 e. The molecule has 0 aliphatic carbocycles. The van der Waals surface area contributed by atoms with Crippen LogP contribution < -0.4 is 10.6 Å². The lowest BCUT2D eigenvalue weighted by Crippen LogP contribution is -2.43. The van der Waals surface area contributed by atoms with Crippen molar-refractivity contribution in [3.05, 3.63) is 24.3 Å². The van der Waals surface area contributed by atoms with Gasteiger partial charge in [0.1, 0.15) is 0 Å². The van der Waals surface area contributed by atoms with Crippen LogP contribution in [0, 0.1) is 5.41 Å². The van der Waals surface area contributed by atoms with Gasteiger partial charge in [-0.05, 0) is 55.6 Å². The molecule has 2 rings (SSSR count). The first kappa shape index (κ1) is 14.9. The molecule has 1 aliphatic heterocycles. The Bertz CT molecular complexity index is 457. The van der Waals surface area contributed by atoms with Crippen LogP contribution in [0.1, 0.15) is 26.7 Å². The summed E-state index contributed by atoms with van der Waals surface area (Å²) in [5.74, 6) is 0.134. The Kier molecular flexibility index (Phi) is 4.33. The van der Waals surface area contributed by atoms with Gasteiger partial charge in [0.05, 0.1) is 6.54 Å². The molecule has 1 aliphatic rings. The lowest BCUT2D eigenvalue weighted by molar-refractivity contribution is -0.120. The number of nitrogen functional groups attached to an aromatic ring is 1. The first-order valence-electron chi connectivity index (χ1n) is 7.22. The van der Waals surface area contributed by atoms with Crippen molar-refractivity contribution in [2.24, 2.45) is 5.41 Å². The lowest BCUT2D eigenvalue weighted by Gasteiger charge is -2.37. The molecule has 1 aromatic carbocycles. The van der Waals surface area contributed by atoms with Crippen molar-refractivity contribution in [3.8, 4) is 0 Å². The average molecular weight is 275 g/mol. The van der Waals surface area contributed by atoms with E-state index in [1.165, 1.54) is 0 Å². The molecule has 20 heavy (non-hydrogen) atoms. The number of hydrogen-bond donors (Lipinski definition) is 1. The third kappa shape index (κ3) is 3.73. The summed E-state index contributed by atoms with van der Waals surface area (Å²) in [6.07, 6.45) is 2.32. The van der Waals surface area contributed by atoms with Crippen LogP contribution in [-0.2, 0) is 4.79 Å². The molecule has 1 fully saturated rings. The predicted molar refractivity (Wildman–Crippen MR) is 83.7 cm³/mol. The van der Waals surface area contributed by atoms with E-state index in [-0.39, 0.29) is 5.91 Å². The summed E-state index contributed by atoms with van der Waals surface area (Å²) in [7, 11) is 1.82. The number of piperidine rings is 1. The van der Waals surface area contributed by atoms with Gasteiger partial charge in [-0.15, -0.1) is 0 Å². The molecule has 110 valence electrons. The molecule has 0 spiro atoms. The van der Waals surface area contributed by atoms with Gasteiger partial charge < -0.3 is 10.6 Å². The van der Waals surface area contributed by atoms with E-state index < -0.39 is 0 Å². The quantitative estimate of drug-likeness (QED) is 0.862. The Morgan fingerprint density at radius 3 is 2.35 bits per heavy atom. The summed E-state index contributed by atoms with van der Waals surface area (Å²) in [6, 6.07) is 7.41. The van der Waals surface area contributed by atoms with Crippen LogP contribution in [0.3, 0.4) is 0 Å². The number of carbonyl (C=O) groups is 1. The summed E-state index contributed by atoms with van der Waals surface area (Å²) in [5.41, 5.74) is 7.69. The zero-order valence-electron chi connectivity index (χ0n) is 12.7. The fourth-order valence-corrected chi connectivity index (χ4v) is 2.46. The van der Waals surface area contributed by atoms with Crippen LogP contribution in [0.25, 0.3) is 0 Å². The van der Waals surface area contributed by atoms with Gasteiger partial charge in [0.25, 0.3) is 0 Å². The fourth-order valence-electron chi connectivity index (χ4n) is 2.46. The summed E-state index contributed by atoms with van der Waals surface area (Å²) >= 11 is 0. The molecule has 0 atom stereocenters. The van der Waals surface area contributed by atoms with Crippen molar-refractivity contribution >= 4 is 17.3 Å². The van der Waals surface area contributed by atoms with Gasteiger partial charge in [0.2, 0.25) is 5.91 Å². The molecule has 0 unspecified atom stereocenters. The highest BCUT2D eigenvalue weighted by Gasteiger charge is 2.26. The van der Waals surface area contributed by atoms with E-state index in [4.69, 9.17) is 5.73 Å². The van der Waals surface area contributed by atoms with Gasteiger partial charge in [-0.2, -0.15) is 0 Å². The van der Waals surface area contributed by atoms with Crippen LogP contribution in [-0.4, -0.2) is 37.5 Å². The highest BCUT2D eigenvalue weighted by Crippen LogP contribution is 2.29. The maximum atomic E-state index is 12.3. The maximum Gasteiger partial charge on any atom is 0.240 e. The zero-order chi connectivity index (χ0) is 14.8. The van der Waals surface area contributed by atoms with E-state index >= 15 is 0 Å². The average Bonchev–Trinajstić information content (AvgIpc) is 2.41. The van der Waals surface area contributed by atoms with Crippen molar-refractivity contribution in [2.45, 2.75) is 26.7 Å². The molecule has 0 aromatic heterocycles. The molecule has 1 amide bonds. The Hall–Kier alpha value is -1.55. The number of carbonyl (C=O) groups excluding carboxylic acids is 1. The monoisotopic (exact) mass is 275 g/mol. The number of likely N-dealkylation sites (N-methyl/N-ethyl adjacent to an activating group) is 1. The second-order valence-corrected chi connectivity index (χ2v) is 6.48. The first-order valence-corrected chi connectivity index (χ1v) is 7.22. The van der Waals surface area contributed by atoms with E-state index in [0.29, 0.717) is 17.6 Å². The number of rotatable bonds is 3. The topological polar surface area (TPSA) is 49.6 Å². The predicted octanol–water partition coefficient (Wildman–Crippen LogP) is 2.35. The number of likely N-dealkylation sites (tertiary alicyclic amines) is 1. The molecule has 2 N–H and O–H groups in total. The van der Waals surface area contributed by atoms with Gasteiger partial charge in [0.15, 0.2) is 0 Å². The van der Waals surface area contributed by atoms with Crippen LogP contribution in [0.2, 0.25) is 0 Å². The summed E-state index contributed by atoms with van der Waals surface area (Å²) in [4.78, 5) is 16.3. The van der Waals surface area contributed by atoms with Crippen molar-refractivity contribution < 1.29 is 4.79 Å². The Morgan fingerprint density at radius 1 is 1.25 bits per heavy atom. The van der Waals surface area contributed by atoms with Crippen LogP contribution in [0.15, 0.2) is 24.3 Å². The Balaban J connectivity index is 1.90. The molecule has 4 nitrogen and oxygen atoms in total. The maximum absolute atomic E-state index is 12.3. The molecule has 1 saturated heterocycles. The molecule has 0 bridgehead atoms. The highest BCUT2D eigenvalue weighted by molar-refractivity contribution is 5.94. The van der Waals surface area contributed by atoms with E-state index in [2.05, 4.69) is 18.7 Å². The third-order valence-electron chi connectivity index (χ3n) is 4.22. The van der Waals surface area contributed by atoms with Gasteiger partial charge in [-0.25, -0.2) is 0 Å². The molecule has 4 heteroatoms. The minimum atomic E-state index is 0.134. The summed E-state index contributed by atoms with van der Waals surface area (Å²) in [5, 5.41) is 0. The van der Waals surface area contributed by atoms with Gasteiger partial charge >= 0.3 is 0 Å². The molecular weight excluding hydrogens is 250 g/mol. The van der Waals surface area contributed by atoms with E-state index in [0.717, 1.165) is 31.6 Å². The molecule has 0 radical (unpaired) electrons. The summed E-state index contributed by atoms with van der Waals surface area (Å²) < 4.78 is 0. The Morgan fingerprint density at radius 2 is 1.80 bits per heavy atom. The van der Waals surface area contributed by atoms with Gasteiger partial charge in [-0.3, -0.25) is 9.69 Å². The van der Waals surface area contributed by atoms with Gasteiger partial charge in [0, 0.05) is 18.4 Å². The SMILES string of the molecule is CN(C(=O)CN1CCC(C)(C)CC1)c1ccc(N)cc1. The fraction of sp³-hybridized carbons (Fsp3) is 0.562. The zero-order valence-corrected chi connectivity index (χ0v) is 12.7.